The van der Waals surface area contributed by atoms with Crippen molar-refractivity contribution >= 4 is 17.8 Å². The molecule has 0 radical (unpaired) electrons. The maximum atomic E-state index is 12.5. The lowest BCUT2D eigenvalue weighted by Crippen LogP contribution is -2.36. The number of carbonyl (C=O) groups is 3. The van der Waals surface area contributed by atoms with E-state index in [4.69, 9.17) is 0 Å². The predicted octanol–water partition coefficient (Wildman–Crippen LogP) is 3.74. The van der Waals surface area contributed by atoms with Crippen LogP contribution in [0.4, 0.5) is 0 Å². The molecule has 0 spiro atoms. The van der Waals surface area contributed by atoms with E-state index in [-0.39, 0.29) is 19.4 Å². The minimum atomic E-state index is -1.15. The smallest absolute Gasteiger partial charge is 0.309 e. The molecule has 3 aromatic rings. The number of rotatable bonds is 9. The van der Waals surface area contributed by atoms with Crippen LogP contribution in [0.5, 0.6) is 0 Å². The first kappa shape index (κ1) is 23.3. The molecule has 1 aliphatic heterocycles. The molecule has 7 nitrogen and oxygen atoms in total. The van der Waals surface area contributed by atoms with Gasteiger partial charge in [-0.15, -0.1) is 0 Å². The molecule has 0 bridgehead atoms. The minimum absolute atomic E-state index is 0.0126. The number of benzene rings is 2. The predicted molar refractivity (Wildman–Crippen MR) is 126 cm³/mol. The largest absolute Gasteiger partial charge is 0.481 e. The molecule has 2 heterocycles. The van der Waals surface area contributed by atoms with Crippen molar-refractivity contribution in [3.8, 4) is 11.1 Å². The van der Waals surface area contributed by atoms with Crippen molar-refractivity contribution in [3.63, 3.8) is 0 Å². The van der Waals surface area contributed by atoms with E-state index in [0.29, 0.717) is 17.5 Å². The van der Waals surface area contributed by atoms with E-state index in [9.17, 15) is 24.6 Å². The van der Waals surface area contributed by atoms with E-state index in [1.165, 1.54) is 0 Å². The van der Waals surface area contributed by atoms with Crippen molar-refractivity contribution in [1.82, 2.24) is 9.88 Å². The summed E-state index contributed by atoms with van der Waals surface area (Å²) in [5.41, 5.74) is 4.62. The molecular formula is C27H26N2O5. The summed E-state index contributed by atoms with van der Waals surface area (Å²) < 4.78 is 0. The number of aliphatic hydroxyl groups is 1. The van der Waals surface area contributed by atoms with Gasteiger partial charge in [-0.25, -0.2) is 0 Å². The van der Waals surface area contributed by atoms with Crippen LogP contribution in [0, 0.1) is 12.8 Å². The maximum absolute atomic E-state index is 12.5. The highest BCUT2D eigenvalue weighted by Gasteiger charge is 2.36. The third kappa shape index (κ3) is 4.89. The summed E-state index contributed by atoms with van der Waals surface area (Å²) in [6.45, 7) is 1.88. The third-order valence-corrected chi connectivity index (χ3v) is 6.25. The number of hydrogen-bond acceptors (Lipinski definition) is 5. The number of fused-ring (bicyclic) bond motifs is 1. The number of aromatic nitrogens is 1. The molecule has 0 fully saturated rings. The first-order valence-corrected chi connectivity index (χ1v) is 11.2. The first-order valence-electron chi connectivity index (χ1n) is 11.2. The highest BCUT2D eigenvalue weighted by Crippen LogP contribution is 2.25. The number of nitrogens with zero attached hydrogens (tertiary/aromatic N) is 2. The van der Waals surface area contributed by atoms with E-state index in [0.717, 1.165) is 27.3 Å². The van der Waals surface area contributed by atoms with Crippen LogP contribution >= 0.6 is 0 Å². The number of carboxylic acids is 1. The average Bonchev–Trinajstić information content (AvgIpc) is 3.08. The highest BCUT2D eigenvalue weighted by molar-refractivity contribution is 6.21. The summed E-state index contributed by atoms with van der Waals surface area (Å²) in [6.07, 6.45) is 1.46. The molecule has 2 atom stereocenters. The van der Waals surface area contributed by atoms with E-state index in [2.05, 4.69) is 4.98 Å². The summed E-state index contributed by atoms with van der Waals surface area (Å²) in [5, 5.41) is 20.2. The minimum Gasteiger partial charge on any atom is -0.481 e. The standard InChI is InChI=1S/C27H26N2O5/c1-17-6-10-20(16-28-17)19-11-7-18(8-12-19)9-13-24(30)23(27(33)34)14-15-29-25(31)21-4-2-3-5-22(21)26(29)32/h2-8,10-12,16,23-24,30H,9,13-15H2,1H3,(H,33,34)/t23-,24+/m1/s1. The third-order valence-electron chi connectivity index (χ3n) is 6.25. The number of imide groups is 1. The number of aliphatic carboxylic acids is 1. The number of pyridine rings is 1. The Balaban J connectivity index is 1.34. The molecule has 0 saturated heterocycles. The number of hydrogen-bond donors (Lipinski definition) is 2. The zero-order valence-electron chi connectivity index (χ0n) is 18.8. The molecule has 2 N–H and O–H groups in total. The molecule has 1 aromatic heterocycles. The van der Waals surface area contributed by atoms with E-state index in [1.54, 1.807) is 24.3 Å². The Labute approximate surface area is 197 Å². The van der Waals surface area contributed by atoms with E-state index < -0.39 is 29.8 Å². The molecule has 0 aliphatic carbocycles. The lowest BCUT2D eigenvalue weighted by atomic mass is 9.93. The van der Waals surface area contributed by atoms with Crippen molar-refractivity contribution < 1.29 is 24.6 Å². The first-order chi connectivity index (χ1) is 16.3. The molecule has 174 valence electrons. The Morgan fingerprint density at radius 3 is 2.09 bits per heavy atom. The van der Waals surface area contributed by atoms with E-state index in [1.807, 2.05) is 49.5 Å². The molecule has 1 aliphatic rings. The van der Waals surface area contributed by atoms with Crippen LogP contribution in [0.1, 0.15) is 44.8 Å². The summed E-state index contributed by atoms with van der Waals surface area (Å²) in [6, 6.07) is 18.4. The molecule has 0 saturated carbocycles. The monoisotopic (exact) mass is 458 g/mol. The van der Waals surface area contributed by atoms with Crippen LogP contribution in [0.2, 0.25) is 0 Å². The van der Waals surface area contributed by atoms with Crippen LogP contribution in [0.3, 0.4) is 0 Å². The van der Waals surface area contributed by atoms with Gasteiger partial charge in [-0.2, -0.15) is 0 Å². The number of aryl methyl sites for hydroxylation is 2. The molecule has 0 unspecified atom stereocenters. The number of carbonyl (C=O) groups excluding carboxylic acids is 2. The van der Waals surface area contributed by atoms with Gasteiger partial charge in [-0.1, -0.05) is 42.5 Å². The van der Waals surface area contributed by atoms with Crippen LogP contribution < -0.4 is 0 Å². The van der Waals surface area contributed by atoms with E-state index >= 15 is 0 Å². The SMILES string of the molecule is Cc1ccc(-c2ccc(CC[C@H](O)[C@@H](CCN3C(=O)c4ccccc4C3=O)C(=O)O)cc2)cn1. The fourth-order valence-corrected chi connectivity index (χ4v) is 4.21. The van der Waals surface area contributed by atoms with Crippen LogP contribution in [0.15, 0.2) is 66.9 Å². The normalized spacial score (nSPS) is 14.7. The molecule has 34 heavy (non-hydrogen) atoms. The van der Waals surface area contributed by atoms with Gasteiger partial charge in [0.05, 0.1) is 23.1 Å². The van der Waals surface area contributed by atoms with Gasteiger partial charge in [0.25, 0.3) is 11.8 Å². The highest BCUT2D eigenvalue weighted by atomic mass is 16.4. The quantitative estimate of drug-likeness (QED) is 0.473. The second-order valence-electron chi connectivity index (χ2n) is 8.53. The van der Waals surface area contributed by atoms with Crippen molar-refractivity contribution in [3.05, 3.63) is 89.2 Å². The van der Waals surface area contributed by atoms with Crippen molar-refractivity contribution in [2.45, 2.75) is 32.3 Å². The summed E-state index contributed by atoms with van der Waals surface area (Å²) in [4.78, 5) is 42.2. The summed E-state index contributed by atoms with van der Waals surface area (Å²) in [5.74, 6) is -3.08. The average molecular weight is 459 g/mol. The zero-order chi connectivity index (χ0) is 24.2. The van der Waals surface area contributed by atoms with Gasteiger partial charge in [-0.3, -0.25) is 24.3 Å². The molecule has 7 heteroatoms. The van der Waals surface area contributed by atoms with Crippen molar-refractivity contribution in [2.75, 3.05) is 6.54 Å². The van der Waals surface area contributed by atoms with Gasteiger partial charge in [0.1, 0.15) is 0 Å². The Bertz CT molecular complexity index is 1170. The lowest BCUT2D eigenvalue weighted by molar-refractivity contribution is -0.146. The molecule has 2 aromatic carbocycles. The van der Waals surface area contributed by atoms with Gasteiger partial charge in [0.2, 0.25) is 0 Å². The number of aliphatic hydroxyl groups excluding tert-OH is 1. The topological polar surface area (TPSA) is 108 Å². The Morgan fingerprint density at radius 2 is 1.53 bits per heavy atom. The molecule has 4 rings (SSSR count). The van der Waals surface area contributed by atoms with Gasteiger partial charge in [0.15, 0.2) is 0 Å². The Kier molecular flexibility index (Phi) is 6.84. The summed E-state index contributed by atoms with van der Waals surface area (Å²) in [7, 11) is 0. The van der Waals surface area contributed by atoms with Crippen LogP contribution in [-0.4, -0.2) is 50.5 Å². The Hall–Kier alpha value is -3.84. The fraction of sp³-hybridized carbons (Fsp3) is 0.259. The number of carboxylic acid groups (broad SMARTS) is 1. The summed E-state index contributed by atoms with van der Waals surface area (Å²) >= 11 is 0. The maximum Gasteiger partial charge on any atom is 0.309 e. The molecular weight excluding hydrogens is 432 g/mol. The van der Waals surface area contributed by atoms with Crippen LogP contribution in [0.25, 0.3) is 11.1 Å². The second kappa shape index (κ2) is 9.97. The lowest BCUT2D eigenvalue weighted by Gasteiger charge is -2.22. The fourth-order valence-electron chi connectivity index (χ4n) is 4.21. The van der Waals surface area contributed by atoms with Crippen LogP contribution in [-0.2, 0) is 11.2 Å². The molecule has 2 amide bonds. The van der Waals surface area contributed by atoms with Crippen molar-refractivity contribution in [1.29, 1.82) is 0 Å². The van der Waals surface area contributed by atoms with Crippen molar-refractivity contribution in [2.24, 2.45) is 5.92 Å². The van der Waals surface area contributed by atoms with Gasteiger partial charge < -0.3 is 10.2 Å². The van der Waals surface area contributed by atoms with Gasteiger partial charge >= 0.3 is 5.97 Å². The van der Waals surface area contributed by atoms with Gasteiger partial charge in [-0.05, 0) is 55.5 Å². The van der Waals surface area contributed by atoms with Gasteiger partial charge in [0, 0.05) is 24.0 Å². The number of amides is 2. The second-order valence-corrected chi connectivity index (χ2v) is 8.53. The zero-order valence-corrected chi connectivity index (χ0v) is 18.8. The Morgan fingerprint density at radius 1 is 0.912 bits per heavy atom.